The minimum absolute atomic E-state index is 0.0831. The first-order chi connectivity index (χ1) is 10.0. The zero-order valence-electron chi connectivity index (χ0n) is 12.8. The van der Waals surface area contributed by atoms with Gasteiger partial charge < -0.3 is 19.1 Å². The molecule has 1 amide bonds. The normalized spacial score (nSPS) is 9.90. The Morgan fingerprint density at radius 3 is 2.48 bits per heavy atom. The molecule has 0 spiro atoms. The molecule has 0 radical (unpaired) electrons. The standard InChI is InChI=1S/C15H21NO5/c1-5-16(9-15(18)20-4)14(17)10-21-12-7-6-11(2)8-13(12)19-3/h6-8H,5,9-10H2,1-4H3. The van der Waals surface area contributed by atoms with Crippen LogP contribution in [0.15, 0.2) is 18.2 Å². The second-order valence-corrected chi connectivity index (χ2v) is 4.43. The summed E-state index contributed by atoms with van der Waals surface area (Å²) in [4.78, 5) is 24.6. The first kappa shape index (κ1) is 16.8. The Bertz CT molecular complexity index is 501. The number of esters is 1. The van der Waals surface area contributed by atoms with E-state index in [-0.39, 0.29) is 19.1 Å². The number of likely N-dealkylation sites (N-methyl/N-ethyl adjacent to an activating group) is 1. The molecule has 0 bridgehead atoms. The Morgan fingerprint density at radius 1 is 1.19 bits per heavy atom. The predicted octanol–water partition coefficient (Wildman–Crippen LogP) is 1.40. The van der Waals surface area contributed by atoms with Gasteiger partial charge in [0.25, 0.3) is 5.91 Å². The van der Waals surface area contributed by atoms with Crippen LogP contribution in [0.3, 0.4) is 0 Å². The van der Waals surface area contributed by atoms with Gasteiger partial charge in [-0.25, -0.2) is 0 Å². The van der Waals surface area contributed by atoms with Crippen LogP contribution in [0, 0.1) is 6.92 Å². The SMILES string of the molecule is CCN(CC(=O)OC)C(=O)COc1ccc(C)cc1OC. The summed E-state index contributed by atoms with van der Waals surface area (Å²) in [5.74, 6) is 0.313. The molecular formula is C15H21NO5. The summed E-state index contributed by atoms with van der Waals surface area (Å²) in [5, 5.41) is 0. The van der Waals surface area contributed by atoms with Crippen molar-refractivity contribution in [1.29, 1.82) is 0 Å². The molecule has 0 aliphatic carbocycles. The van der Waals surface area contributed by atoms with Gasteiger partial charge in [-0.05, 0) is 31.5 Å². The van der Waals surface area contributed by atoms with Gasteiger partial charge in [-0.3, -0.25) is 9.59 Å². The van der Waals surface area contributed by atoms with E-state index >= 15 is 0 Å². The van der Waals surface area contributed by atoms with Crippen molar-refractivity contribution >= 4 is 11.9 Å². The van der Waals surface area contributed by atoms with Crippen LogP contribution in [0.25, 0.3) is 0 Å². The van der Waals surface area contributed by atoms with Gasteiger partial charge in [0.1, 0.15) is 6.54 Å². The van der Waals surface area contributed by atoms with Gasteiger partial charge in [0.2, 0.25) is 0 Å². The first-order valence-electron chi connectivity index (χ1n) is 6.63. The molecule has 0 aromatic heterocycles. The quantitative estimate of drug-likeness (QED) is 0.712. The highest BCUT2D eigenvalue weighted by molar-refractivity contribution is 5.83. The van der Waals surface area contributed by atoms with E-state index in [1.54, 1.807) is 20.1 Å². The molecule has 0 unspecified atom stereocenters. The fourth-order valence-electron chi connectivity index (χ4n) is 1.72. The summed E-state index contributed by atoms with van der Waals surface area (Å²) in [6, 6.07) is 5.44. The lowest BCUT2D eigenvalue weighted by molar-refractivity contribution is -0.147. The summed E-state index contributed by atoms with van der Waals surface area (Å²) in [6.07, 6.45) is 0. The average molecular weight is 295 g/mol. The molecule has 0 atom stereocenters. The number of carbonyl (C=O) groups is 2. The number of methoxy groups -OCH3 is 2. The Hall–Kier alpha value is -2.24. The Labute approximate surface area is 124 Å². The molecule has 116 valence electrons. The third-order valence-corrected chi connectivity index (χ3v) is 2.95. The highest BCUT2D eigenvalue weighted by Crippen LogP contribution is 2.27. The van der Waals surface area contributed by atoms with E-state index in [9.17, 15) is 9.59 Å². The van der Waals surface area contributed by atoms with Crippen molar-refractivity contribution in [3.63, 3.8) is 0 Å². The molecule has 0 N–H and O–H groups in total. The molecule has 0 aliphatic heterocycles. The number of rotatable bonds is 7. The van der Waals surface area contributed by atoms with Crippen LogP contribution in [-0.2, 0) is 14.3 Å². The Kier molecular flexibility index (Phi) is 6.52. The second kappa shape index (κ2) is 8.14. The lowest BCUT2D eigenvalue weighted by Crippen LogP contribution is -2.38. The average Bonchev–Trinajstić information content (AvgIpc) is 2.50. The topological polar surface area (TPSA) is 65.1 Å². The lowest BCUT2D eigenvalue weighted by atomic mass is 10.2. The van der Waals surface area contributed by atoms with Crippen molar-refractivity contribution in [2.75, 3.05) is 33.9 Å². The van der Waals surface area contributed by atoms with Gasteiger partial charge >= 0.3 is 5.97 Å². The maximum atomic E-state index is 12.0. The van der Waals surface area contributed by atoms with Crippen molar-refractivity contribution in [3.8, 4) is 11.5 Å². The van der Waals surface area contributed by atoms with E-state index in [0.29, 0.717) is 18.0 Å². The van der Waals surface area contributed by atoms with E-state index < -0.39 is 5.97 Å². The first-order valence-corrected chi connectivity index (χ1v) is 6.63. The Balaban J connectivity index is 2.65. The van der Waals surface area contributed by atoms with Crippen LogP contribution in [0.2, 0.25) is 0 Å². The monoisotopic (exact) mass is 295 g/mol. The van der Waals surface area contributed by atoms with E-state index in [1.165, 1.54) is 12.0 Å². The summed E-state index contributed by atoms with van der Waals surface area (Å²) < 4.78 is 15.2. The van der Waals surface area contributed by atoms with Crippen LogP contribution < -0.4 is 9.47 Å². The Morgan fingerprint density at radius 2 is 1.90 bits per heavy atom. The van der Waals surface area contributed by atoms with Crippen molar-refractivity contribution < 1.29 is 23.8 Å². The molecule has 0 saturated carbocycles. The van der Waals surface area contributed by atoms with Crippen LogP contribution in [-0.4, -0.2) is 50.7 Å². The van der Waals surface area contributed by atoms with Crippen molar-refractivity contribution in [2.45, 2.75) is 13.8 Å². The highest BCUT2D eigenvalue weighted by Gasteiger charge is 2.17. The van der Waals surface area contributed by atoms with Crippen LogP contribution in [0.5, 0.6) is 11.5 Å². The number of amides is 1. The van der Waals surface area contributed by atoms with Crippen LogP contribution in [0.1, 0.15) is 12.5 Å². The molecule has 6 heteroatoms. The number of hydrogen-bond acceptors (Lipinski definition) is 5. The van der Waals surface area contributed by atoms with E-state index in [2.05, 4.69) is 4.74 Å². The molecular weight excluding hydrogens is 274 g/mol. The molecule has 1 aromatic carbocycles. The zero-order valence-corrected chi connectivity index (χ0v) is 12.8. The predicted molar refractivity (Wildman–Crippen MR) is 77.5 cm³/mol. The maximum Gasteiger partial charge on any atom is 0.325 e. The van der Waals surface area contributed by atoms with Gasteiger partial charge in [-0.1, -0.05) is 6.07 Å². The molecule has 1 aromatic rings. The minimum atomic E-state index is -0.460. The third-order valence-electron chi connectivity index (χ3n) is 2.95. The van der Waals surface area contributed by atoms with Gasteiger partial charge in [-0.2, -0.15) is 0 Å². The fourth-order valence-corrected chi connectivity index (χ4v) is 1.72. The van der Waals surface area contributed by atoms with Gasteiger partial charge in [0.05, 0.1) is 14.2 Å². The minimum Gasteiger partial charge on any atom is -0.493 e. The molecule has 21 heavy (non-hydrogen) atoms. The fraction of sp³-hybridized carbons (Fsp3) is 0.467. The summed E-state index contributed by atoms with van der Waals surface area (Å²) >= 11 is 0. The van der Waals surface area contributed by atoms with Crippen molar-refractivity contribution in [1.82, 2.24) is 4.90 Å². The van der Waals surface area contributed by atoms with E-state index in [0.717, 1.165) is 5.56 Å². The molecule has 0 fully saturated rings. The van der Waals surface area contributed by atoms with Gasteiger partial charge in [-0.15, -0.1) is 0 Å². The molecule has 0 heterocycles. The number of hydrogen-bond donors (Lipinski definition) is 0. The second-order valence-electron chi connectivity index (χ2n) is 4.43. The number of aryl methyl sites for hydroxylation is 1. The smallest absolute Gasteiger partial charge is 0.325 e. The summed E-state index contributed by atoms with van der Waals surface area (Å²) in [6.45, 7) is 3.88. The van der Waals surface area contributed by atoms with Crippen molar-refractivity contribution in [3.05, 3.63) is 23.8 Å². The van der Waals surface area contributed by atoms with Crippen LogP contribution in [0.4, 0.5) is 0 Å². The maximum absolute atomic E-state index is 12.0. The molecule has 1 rings (SSSR count). The molecule has 0 aliphatic rings. The third kappa shape index (κ3) is 4.98. The number of ether oxygens (including phenoxy) is 3. The largest absolute Gasteiger partial charge is 0.493 e. The van der Waals surface area contributed by atoms with E-state index in [1.807, 2.05) is 19.1 Å². The van der Waals surface area contributed by atoms with Crippen molar-refractivity contribution in [2.24, 2.45) is 0 Å². The summed E-state index contributed by atoms with van der Waals surface area (Å²) in [7, 11) is 2.83. The zero-order chi connectivity index (χ0) is 15.8. The lowest BCUT2D eigenvalue weighted by Gasteiger charge is -2.20. The van der Waals surface area contributed by atoms with Gasteiger partial charge in [0, 0.05) is 6.54 Å². The van der Waals surface area contributed by atoms with Crippen LogP contribution >= 0.6 is 0 Å². The van der Waals surface area contributed by atoms with Gasteiger partial charge in [0.15, 0.2) is 18.1 Å². The number of nitrogens with zero attached hydrogens (tertiary/aromatic N) is 1. The molecule has 6 nitrogen and oxygen atoms in total. The molecule has 0 saturated heterocycles. The highest BCUT2D eigenvalue weighted by atomic mass is 16.5. The summed E-state index contributed by atoms with van der Waals surface area (Å²) in [5.41, 5.74) is 1.03. The van der Waals surface area contributed by atoms with E-state index in [4.69, 9.17) is 9.47 Å². The number of carbonyl (C=O) groups excluding carboxylic acids is 2. The number of benzene rings is 1.